The number of ether oxygens (including phenoxy) is 2. The first-order chi connectivity index (χ1) is 10.4. The Labute approximate surface area is 137 Å². The van der Waals surface area contributed by atoms with Crippen LogP contribution < -0.4 is 5.73 Å². The summed E-state index contributed by atoms with van der Waals surface area (Å²) < 4.78 is 12.3. The third-order valence-corrected chi connectivity index (χ3v) is 5.49. The predicted octanol–water partition coefficient (Wildman–Crippen LogP) is 4.63. The van der Waals surface area contributed by atoms with Gasteiger partial charge in [-0.15, -0.1) is 0 Å². The zero-order valence-electron chi connectivity index (χ0n) is 15.1. The summed E-state index contributed by atoms with van der Waals surface area (Å²) in [6, 6.07) is 0.258. The Morgan fingerprint density at radius 1 is 0.864 bits per heavy atom. The molecule has 0 amide bonds. The molecule has 0 bridgehead atoms. The second-order valence-corrected chi connectivity index (χ2v) is 8.54. The molecule has 0 aromatic carbocycles. The van der Waals surface area contributed by atoms with Gasteiger partial charge in [-0.3, -0.25) is 0 Å². The fourth-order valence-corrected chi connectivity index (χ4v) is 4.11. The summed E-state index contributed by atoms with van der Waals surface area (Å²) in [5, 5.41) is 0. The minimum atomic E-state index is -0.0716. The fourth-order valence-electron chi connectivity index (χ4n) is 4.11. The molecular formula is C19H37NO2. The molecule has 0 radical (unpaired) electrons. The van der Waals surface area contributed by atoms with Gasteiger partial charge in [0.25, 0.3) is 0 Å². The minimum absolute atomic E-state index is 0.0716. The Hall–Kier alpha value is -0.120. The maximum Gasteiger partial charge on any atom is 0.155 e. The van der Waals surface area contributed by atoms with Gasteiger partial charge in [0, 0.05) is 6.04 Å². The van der Waals surface area contributed by atoms with Gasteiger partial charge in [0.15, 0.2) is 6.29 Å². The van der Waals surface area contributed by atoms with E-state index in [1.165, 1.54) is 44.9 Å². The lowest BCUT2D eigenvalue weighted by Crippen LogP contribution is -2.45. The molecule has 4 unspecified atom stereocenters. The molecule has 130 valence electrons. The van der Waals surface area contributed by atoms with E-state index in [2.05, 4.69) is 27.7 Å². The zero-order valence-corrected chi connectivity index (χ0v) is 15.1. The van der Waals surface area contributed by atoms with Crippen LogP contribution in [0.15, 0.2) is 0 Å². The molecule has 0 aromatic heterocycles. The zero-order chi connectivity index (χ0) is 16.2. The molecule has 2 rings (SSSR count). The van der Waals surface area contributed by atoms with Gasteiger partial charge in [0.1, 0.15) is 0 Å². The van der Waals surface area contributed by atoms with Gasteiger partial charge in [-0.25, -0.2) is 0 Å². The first-order valence-electron chi connectivity index (χ1n) is 9.42. The van der Waals surface area contributed by atoms with Crippen LogP contribution >= 0.6 is 0 Å². The molecule has 3 nitrogen and oxygen atoms in total. The van der Waals surface area contributed by atoms with E-state index in [0.717, 1.165) is 12.8 Å². The summed E-state index contributed by atoms with van der Waals surface area (Å²) in [4.78, 5) is 0. The van der Waals surface area contributed by atoms with E-state index >= 15 is 0 Å². The van der Waals surface area contributed by atoms with Crippen molar-refractivity contribution in [1.82, 2.24) is 0 Å². The van der Waals surface area contributed by atoms with E-state index in [-0.39, 0.29) is 17.7 Å². The Morgan fingerprint density at radius 2 is 1.45 bits per heavy atom. The molecule has 0 heterocycles. The Balaban J connectivity index is 1.77. The van der Waals surface area contributed by atoms with E-state index < -0.39 is 0 Å². The van der Waals surface area contributed by atoms with Crippen LogP contribution in [0.25, 0.3) is 0 Å². The van der Waals surface area contributed by atoms with Crippen molar-refractivity contribution in [3.05, 3.63) is 0 Å². The SMILES string of the molecule is CC(OC1CCCCC1)OC1CCCC(C(N)C(C)(C)C)C1. The lowest BCUT2D eigenvalue weighted by atomic mass is 9.73. The lowest BCUT2D eigenvalue weighted by molar-refractivity contribution is -0.197. The van der Waals surface area contributed by atoms with Crippen molar-refractivity contribution in [3.63, 3.8) is 0 Å². The molecule has 2 saturated carbocycles. The van der Waals surface area contributed by atoms with E-state index in [1.807, 2.05) is 0 Å². The molecule has 0 aromatic rings. The highest BCUT2D eigenvalue weighted by Crippen LogP contribution is 2.35. The summed E-state index contributed by atoms with van der Waals surface area (Å²) in [7, 11) is 0. The second kappa shape index (κ2) is 8.12. The molecule has 0 saturated heterocycles. The van der Waals surface area contributed by atoms with Crippen LogP contribution in [0.5, 0.6) is 0 Å². The maximum atomic E-state index is 6.48. The quantitative estimate of drug-likeness (QED) is 0.753. The summed E-state index contributed by atoms with van der Waals surface area (Å²) in [6.07, 6.45) is 11.8. The van der Waals surface area contributed by atoms with Crippen molar-refractivity contribution >= 4 is 0 Å². The Kier molecular flexibility index (Phi) is 6.73. The van der Waals surface area contributed by atoms with Crippen molar-refractivity contribution in [3.8, 4) is 0 Å². The van der Waals surface area contributed by atoms with Gasteiger partial charge in [-0.05, 0) is 50.4 Å². The van der Waals surface area contributed by atoms with Crippen LogP contribution in [0.1, 0.15) is 85.5 Å². The highest BCUT2D eigenvalue weighted by molar-refractivity contribution is 4.88. The monoisotopic (exact) mass is 311 g/mol. The Bertz CT molecular complexity index is 320. The smallest absolute Gasteiger partial charge is 0.155 e. The molecule has 2 N–H and O–H groups in total. The van der Waals surface area contributed by atoms with Crippen LogP contribution in [0.4, 0.5) is 0 Å². The Morgan fingerprint density at radius 3 is 2.09 bits per heavy atom. The maximum absolute atomic E-state index is 6.48. The number of rotatable bonds is 5. The van der Waals surface area contributed by atoms with E-state index in [4.69, 9.17) is 15.2 Å². The number of hydrogen-bond donors (Lipinski definition) is 1. The van der Waals surface area contributed by atoms with E-state index in [0.29, 0.717) is 18.1 Å². The summed E-state index contributed by atoms with van der Waals surface area (Å²) in [5.74, 6) is 0.584. The molecule has 2 fully saturated rings. The van der Waals surface area contributed by atoms with Gasteiger partial charge < -0.3 is 15.2 Å². The van der Waals surface area contributed by atoms with Crippen LogP contribution in [0.3, 0.4) is 0 Å². The standard InChI is InChI=1S/C19H37NO2/c1-14(21-16-10-6-5-7-11-16)22-17-12-8-9-15(13-17)18(20)19(2,3)4/h14-18H,5-13,20H2,1-4H3. The average Bonchev–Trinajstić information content (AvgIpc) is 2.46. The number of hydrogen-bond acceptors (Lipinski definition) is 3. The molecule has 4 atom stereocenters. The van der Waals surface area contributed by atoms with Crippen LogP contribution in [0.2, 0.25) is 0 Å². The van der Waals surface area contributed by atoms with Gasteiger partial charge in [-0.1, -0.05) is 46.5 Å². The van der Waals surface area contributed by atoms with E-state index in [1.54, 1.807) is 0 Å². The molecule has 0 aliphatic heterocycles. The molecule has 3 heteroatoms. The third kappa shape index (κ3) is 5.50. The average molecular weight is 312 g/mol. The summed E-state index contributed by atoms with van der Waals surface area (Å²) in [6.45, 7) is 8.81. The van der Waals surface area contributed by atoms with E-state index in [9.17, 15) is 0 Å². The predicted molar refractivity (Wildman–Crippen MR) is 91.7 cm³/mol. The van der Waals surface area contributed by atoms with Gasteiger partial charge in [-0.2, -0.15) is 0 Å². The normalized spacial score (nSPS) is 31.0. The first kappa shape index (κ1) is 18.2. The van der Waals surface area contributed by atoms with Gasteiger partial charge in [0.2, 0.25) is 0 Å². The largest absolute Gasteiger partial charge is 0.350 e. The third-order valence-electron chi connectivity index (χ3n) is 5.49. The van der Waals surface area contributed by atoms with Crippen LogP contribution in [-0.2, 0) is 9.47 Å². The molecular weight excluding hydrogens is 274 g/mol. The van der Waals surface area contributed by atoms with Crippen LogP contribution in [0, 0.1) is 11.3 Å². The summed E-state index contributed by atoms with van der Waals surface area (Å²) in [5.41, 5.74) is 6.66. The molecule has 2 aliphatic rings. The summed E-state index contributed by atoms with van der Waals surface area (Å²) >= 11 is 0. The molecule has 22 heavy (non-hydrogen) atoms. The minimum Gasteiger partial charge on any atom is -0.350 e. The van der Waals surface area contributed by atoms with Gasteiger partial charge in [0.05, 0.1) is 12.2 Å². The number of nitrogens with two attached hydrogens (primary N) is 1. The highest BCUT2D eigenvalue weighted by Gasteiger charge is 2.34. The van der Waals surface area contributed by atoms with Crippen molar-refractivity contribution in [2.24, 2.45) is 17.1 Å². The van der Waals surface area contributed by atoms with Crippen molar-refractivity contribution in [1.29, 1.82) is 0 Å². The molecule has 2 aliphatic carbocycles. The topological polar surface area (TPSA) is 44.5 Å². The highest BCUT2D eigenvalue weighted by atomic mass is 16.7. The lowest BCUT2D eigenvalue weighted by Gasteiger charge is -2.39. The second-order valence-electron chi connectivity index (χ2n) is 8.54. The fraction of sp³-hybridized carbons (Fsp3) is 1.00. The van der Waals surface area contributed by atoms with Crippen molar-refractivity contribution < 1.29 is 9.47 Å². The van der Waals surface area contributed by atoms with Crippen LogP contribution in [-0.4, -0.2) is 24.5 Å². The van der Waals surface area contributed by atoms with Crippen molar-refractivity contribution in [2.75, 3.05) is 0 Å². The van der Waals surface area contributed by atoms with Gasteiger partial charge >= 0.3 is 0 Å². The molecule has 0 spiro atoms. The van der Waals surface area contributed by atoms with Crippen molar-refractivity contribution in [2.45, 2.75) is 110 Å². The first-order valence-corrected chi connectivity index (χ1v) is 9.42.